The molecule has 0 unspecified atom stereocenters. The molecule has 0 spiro atoms. The zero-order valence-electron chi connectivity index (χ0n) is 13.5. The molecule has 0 radical (unpaired) electrons. The zero-order chi connectivity index (χ0) is 14.5. The van der Waals surface area contributed by atoms with Crippen LogP contribution in [0.3, 0.4) is 0 Å². The van der Waals surface area contributed by atoms with Crippen LogP contribution in [0.2, 0.25) is 13.1 Å². The highest BCUT2D eigenvalue weighted by molar-refractivity contribution is 6.48. The molecule has 0 bridgehead atoms. The number of nitrogens with two attached hydrogens (primary N) is 1. The molecule has 2 nitrogen and oxygen atoms in total. The van der Waals surface area contributed by atoms with Crippen LogP contribution in [-0.2, 0) is 4.43 Å². The second-order valence-electron chi connectivity index (χ2n) is 8.09. The van der Waals surface area contributed by atoms with Crippen LogP contribution >= 0.6 is 0 Å². The fourth-order valence-electron chi connectivity index (χ4n) is 3.85. The Kier molecular flexibility index (Phi) is 3.79. The molecule has 2 aliphatic rings. The maximum atomic E-state index is 6.68. The third kappa shape index (κ3) is 2.57. The Morgan fingerprint density at radius 1 is 1.32 bits per heavy atom. The van der Waals surface area contributed by atoms with Crippen LogP contribution in [0.4, 0.5) is 0 Å². The van der Waals surface area contributed by atoms with Gasteiger partial charge in [-0.3, -0.25) is 0 Å². The Balaban J connectivity index is 2.29. The van der Waals surface area contributed by atoms with E-state index in [1.165, 1.54) is 12.8 Å². The zero-order valence-corrected chi connectivity index (χ0v) is 14.7. The number of rotatable bonds is 2. The molecule has 3 heteroatoms. The van der Waals surface area contributed by atoms with Crippen LogP contribution in [0.15, 0.2) is 11.6 Å². The molecular formula is C16H31NOSi. The standard InChI is InChI=1S/C16H31NOSi/c1-14(2,3)12-7-9-15(4)13(11-12)8-10-16(15,17)18-19(5)6/h11-12,19H,7-10,17H2,1-6H3/t12-,15-,16-/m1/s1. The van der Waals surface area contributed by atoms with Gasteiger partial charge in [0.1, 0.15) is 5.72 Å². The van der Waals surface area contributed by atoms with Crippen LogP contribution in [0.25, 0.3) is 0 Å². The van der Waals surface area contributed by atoms with Crippen LogP contribution in [0.5, 0.6) is 0 Å². The van der Waals surface area contributed by atoms with Crippen molar-refractivity contribution in [2.45, 2.75) is 72.2 Å². The van der Waals surface area contributed by atoms with Crippen molar-refractivity contribution in [3.63, 3.8) is 0 Å². The predicted molar refractivity (Wildman–Crippen MR) is 84.5 cm³/mol. The largest absolute Gasteiger partial charge is 0.402 e. The molecule has 0 aliphatic heterocycles. The van der Waals surface area contributed by atoms with Crippen molar-refractivity contribution in [1.82, 2.24) is 0 Å². The average molecular weight is 282 g/mol. The summed E-state index contributed by atoms with van der Waals surface area (Å²) < 4.78 is 6.27. The van der Waals surface area contributed by atoms with Crippen molar-refractivity contribution >= 4 is 9.04 Å². The van der Waals surface area contributed by atoms with Gasteiger partial charge in [-0.15, -0.1) is 0 Å². The maximum Gasteiger partial charge on any atom is 0.173 e. The van der Waals surface area contributed by atoms with Crippen molar-refractivity contribution in [3.05, 3.63) is 11.6 Å². The summed E-state index contributed by atoms with van der Waals surface area (Å²) in [7, 11) is -1.10. The Bertz CT molecular complexity index is 385. The van der Waals surface area contributed by atoms with Crippen LogP contribution < -0.4 is 5.73 Å². The number of hydrogen-bond acceptors (Lipinski definition) is 2. The molecule has 19 heavy (non-hydrogen) atoms. The van der Waals surface area contributed by atoms with E-state index in [0.29, 0.717) is 11.3 Å². The normalized spacial score (nSPS) is 39.4. The molecule has 0 saturated heterocycles. The second kappa shape index (κ2) is 4.71. The van der Waals surface area contributed by atoms with E-state index < -0.39 is 14.8 Å². The molecule has 3 atom stereocenters. The summed E-state index contributed by atoms with van der Waals surface area (Å²) in [5, 5.41) is 0. The van der Waals surface area contributed by atoms with E-state index in [2.05, 4.69) is 46.9 Å². The van der Waals surface area contributed by atoms with E-state index in [-0.39, 0.29) is 5.41 Å². The first-order valence-corrected chi connectivity index (χ1v) is 10.5. The molecule has 0 aromatic carbocycles. The monoisotopic (exact) mass is 281 g/mol. The summed E-state index contributed by atoms with van der Waals surface area (Å²) in [6, 6.07) is 0. The van der Waals surface area contributed by atoms with E-state index >= 15 is 0 Å². The fourth-order valence-corrected chi connectivity index (χ4v) is 5.07. The highest BCUT2D eigenvalue weighted by atomic mass is 28.3. The quantitative estimate of drug-likeness (QED) is 0.474. The summed E-state index contributed by atoms with van der Waals surface area (Å²) >= 11 is 0. The van der Waals surface area contributed by atoms with Gasteiger partial charge in [-0.25, -0.2) is 0 Å². The van der Waals surface area contributed by atoms with Crippen LogP contribution in [0, 0.1) is 16.7 Å². The first-order valence-electron chi connectivity index (χ1n) is 7.76. The van der Waals surface area contributed by atoms with E-state index in [0.717, 1.165) is 12.8 Å². The Hall–Kier alpha value is -0.123. The van der Waals surface area contributed by atoms with Crippen molar-refractivity contribution in [3.8, 4) is 0 Å². The van der Waals surface area contributed by atoms with Gasteiger partial charge in [0.05, 0.1) is 0 Å². The lowest BCUT2D eigenvalue weighted by Crippen LogP contribution is -2.55. The second-order valence-corrected chi connectivity index (χ2v) is 10.4. The summed E-state index contributed by atoms with van der Waals surface area (Å²) in [6.45, 7) is 13.8. The third-order valence-electron chi connectivity index (χ3n) is 5.32. The molecular weight excluding hydrogens is 250 g/mol. The van der Waals surface area contributed by atoms with Gasteiger partial charge < -0.3 is 10.2 Å². The van der Waals surface area contributed by atoms with Crippen LogP contribution in [-0.4, -0.2) is 14.8 Å². The number of allylic oxidation sites excluding steroid dienone is 1. The molecule has 2 N–H and O–H groups in total. The Labute approximate surface area is 120 Å². The Morgan fingerprint density at radius 3 is 2.47 bits per heavy atom. The van der Waals surface area contributed by atoms with Gasteiger partial charge >= 0.3 is 0 Å². The number of fused-ring (bicyclic) bond motifs is 1. The van der Waals surface area contributed by atoms with Gasteiger partial charge in [0.25, 0.3) is 0 Å². The number of hydrogen-bond donors (Lipinski definition) is 1. The van der Waals surface area contributed by atoms with Gasteiger partial charge in [0.15, 0.2) is 9.04 Å². The third-order valence-corrected chi connectivity index (χ3v) is 6.22. The molecule has 0 heterocycles. The smallest absolute Gasteiger partial charge is 0.173 e. The summed E-state index contributed by atoms with van der Waals surface area (Å²) in [5.41, 5.74) is 8.28. The molecule has 1 saturated carbocycles. The fraction of sp³-hybridized carbons (Fsp3) is 0.875. The van der Waals surface area contributed by atoms with Gasteiger partial charge in [-0.1, -0.05) is 39.3 Å². The average Bonchev–Trinajstić information content (AvgIpc) is 2.48. The lowest BCUT2D eigenvalue weighted by atomic mass is 9.64. The molecule has 0 aromatic rings. The highest BCUT2D eigenvalue weighted by Gasteiger charge is 2.55. The molecule has 0 aromatic heterocycles. The summed E-state index contributed by atoms with van der Waals surface area (Å²) in [6.07, 6.45) is 7.07. The Morgan fingerprint density at radius 2 is 1.95 bits per heavy atom. The molecule has 2 aliphatic carbocycles. The van der Waals surface area contributed by atoms with Gasteiger partial charge in [0, 0.05) is 5.41 Å². The first kappa shape index (κ1) is 15.3. The van der Waals surface area contributed by atoms with E-state index in [1.807, 2.05) is 0 Å². The van der Waals surface area contributed by atoms with Crippen molar-refractivity contribution in [2.24, 2.45) is 22.5 Å². The molecule has 0 amide bonds. The topological polar surface area (TPSA) is 35.2 Å². The maximum absolute atomic E-state index is 6.68. The minimum atomic E-state index is -1.10. The minimum Gasteiger partial charge on any atom is -0.402 e. The van der Waals surface area contributed by atoms with Crippen molar-refractivity contribution in [2.75, 3.05) is 0 Å². The lowest BCUT2D eigenvalue weighted by molar-refractivity contribution is -0.0227. The van der Waals surface area contributed by atoms with Crippen LogP contribution in [0.1, 0.15) is 53.4 Å². The molecule has 1 fully saturated rings. The van der Waals surface area contributed by atoms with Gasteiger partial charge in [0.2, 0.25) is 0 Å². The first-order chi connectivity index (χ1) is 8.58. The highest BCUT2D eigenvalue weighted by Crippen LogP contribution is 2.57. The van der Waals surface area contributed by atoms with Gasteiger partial charge in [-0.2, -0.15) is 0 Å². The van der Waals surface area contributed by atoms with Crippen molar-refractivity contribution in [1.29, 1.82) is 0 Å². The SMILES string of the molecule is C[SiH](C)O[C@]1(N)CCC2=C[C@H](C(C)(C)C)CC[C@]21C. The lowest BCUT2D eigenvalue weighted by Gasteiger charge is -2.47. The van der Waals surface area contributed by atoms with E-state index in [9.17, 15) is 0 Å². The summed E-state index contributed by atoms with van der Waals surface area (Å²) in [4.78, 5) is 0. The predicted octanol–water partition coefficient (Wildman–Crippen LogP) is 3.82. The van der Waals surface area contributed by atoms with E-state index in [4.69, 9.17) is 10.2 Å². The van der Waals surface area contributed by atoms with E-state index in [1.54, 1.807) is 5.57 Å². The molecule has 2 rings (SSSR count). The van der Waals surface area contributed by atoms with Gasteiger partial charge in [-0.05, 0) is 50.1 Å². The molecule has 110 valence electrons. The van der Waals surface area contributed by atoms with Crippen molar-refractivity contribution < 1.29 is 4.43 Å². The minimum absolute atomic E-state index is 0.0754. The summed E-state index contributed by atoms with van der Waals surface area (Å²) in [5.74, 6) is 0.689.